The Kier molecular flexibility index (Phi) is 7.96. The Morgan fingerprint density at radius 1 is 1.35 bits per heavy atom. The summed E-state index contributed by atoms with van der Waals surface area (Å²) in [4.78, 5) is 2.46. The minimum atomic E-state index is -0.606. The molecule has 1 heterocycles. The molecular formula is C18H31ClN2OS. The molecule has 0 aromatic heterocycles. The standard InChI is InChI=1S/C18H31ClN2OS/c1-2-15(13-23-14-19)17(18(22)8-4-3-5-9-18)12-21-10-6-16(20)7-11-21/h2,13,16-17,22H,1,3-12,14,20H2/b15-13+. The molecule has 2 rings (SSSR count). The summed E-state index contributed by atoms with van der Waals surface area (Å²) >= 11 is 7.41. The number of halogens is 1. The van der Waals surface area contributed by atoms with E-state index in [0.29, 0.717) is 11.3 Å². The molecule has 132 valence electrons. The fraction of sp³-hybridized carbons (Fsp3) is 0.778. The van der Waals surface area contributed by atoms with Gasteiger partial charge >= 0.3 is 0 Å². The summed E-state index contributed by atoms with van der Waals surface area (Å²) in [6.07, 6.45) is 9.26. The predicted octanol–water partition coefficient (Wildman–Crippen LogP) is 3.72. The molecule has 1 aliphatic carbocycles. The zero-order chi connectivity index (χ0) is 16.7. The molecule has 1 saturated heterocycles. The van der Waals surface area contributed by atoms with Crippen molar-refractivity contribution in [2.45, 2.75) is 56.6 Å². The van der Waals surface area contributed by atoms with E-state index >= 15 is 0 Å². The van der Waals surface area contributed by atoms with Gasteiger partial charge in [0.1, 0.15) is 0 Å². The number of nitrogens with zero attached hydrogens (tertiary/aromatic N) is 1. The summed E-state index contributed by atoms with van der Waals surface area (Å²) in [5.74, 6) is 0.116. The molecule has 2 fully saturated rings. The Labute approximate surface area is 150 Å². The number of hydrogen-bond donors (Lipinski definition) is 2. The SMILES string of the molecule is C=C/C(=C\SCCl)C(CN1CCC(N)CC1)C1(O)CCCCC1. The van der Waals surface area contributed by atoms with E-state index in [-0.39, 0.29) is 5.92 Å². The average molecular weight is 359 g/mol. The number of likely N-dealkylation sites (tertiary alicyclic amines) is 1. The van der Waals surface area contributed by atoms with Crippen LogP contribution in [0.5, 0.6) is 0 Å². The number of hydrogen-bond acceptors (Lipinski definition) is 4. The van der Waals surface area contributed by atoms with Crippen molar-refractivity contribution in [1.29, 1.82) is 0 Å². The van der Waals surface area contributed by atoms with Crippen LogP contribution in [0, 0.1) is 5.92 Å². The number of nitrogens with two attached hydrogens (primary N) is 1. The van der Waals surface area contributed by atoms with Gasteiger partial charge in [0.25, 0.3) is 0 Å². The summed E-state index contributed by atoms with van der Waals surface area (Å²) in [7, 11) is 0. The van der Waals surface area contributed by atoms with Crippen LogP contribution in [0.25, 0.3) is 0 Å². The highest BCUT2D eigenvalue weighted by molar-refractivity contribution is 8.03. The van der Waals surface area contributed by atoms with Gasteiger partial charge in [0, 0.05) is 18.5 Å². The molecular weight excluding hydrogens is 328 g/mol. The zero-order valence-corrected chi connectivity index (χ0v) is 15.6. The van der Waals surface area contributed by atoms with E-state index in [2.05, 4.69) is 16.9 Å². The second-order valence-electron chi connectivity index (χ2n) is 6.95. The summed E-state index contributed by atoms with van der Waals surface area (Å²) in [6.45, 7) is 6.94. The summed E-state index contributed by atoms with van der Waals surface area (Å²) < 4.78 is 0. The highest BCUT2D eigenvalue weighted by Crippen LogP contribution is 2.39. The Bertz CT molecular complexity index is 402. The van der Waals surface area contributed by atoms with E-state index in [9.17, 15) is 5.11 Å². The minimum Gasteiger partial charge on any atom is -0.389 e. The van der Waals surface area contributed by atoms with Gasteiger partial charge in [-0.3, -0.25) is 0 Å². The van der Waals surface area contributed by atoms with Crippen molar-refractivity contribution in [2.24, 2.45) is 11.7 Å². The second kappa shape index (κ2) is 9.47. The van der Waals surface area contributed by atoms with Crippen molar-refractivity contribution < 1.29 is 5.11 Å². The first kappa shape index (κ1) is 19.3. The lowest BCUT2D eigenvalue weighted by Gasteiger charge is -2.43. The van der Waals surface area contributed by atoms with Gasteiger partial charge in [0.05, 0.1) is 10.8 Å². The fourth-order valence-electron chi connectivity index (χ4n) is 3.89. The van der Waals surface area contributed by atoms with Crippen LogP contribution in [0.2, 0.25) is 0 Å². The first-order valence-corrected chi connectivity index (χ1v) is 10.4. The maximum absolute atomic E-state index is 11.3. The Balaban J connectivity index is 2.14. The third kappa shape index (κ3) is 5.50. The normalized spacial score (nSPS) is 25.3. The van der Waals surface area contributed by atoms with Gasteiger partial charge in [0.15, 0.2) is 0 Å². The topological polar surface area (TPSA) is 49.5 Å². The van der Waals surface area contributed by atoms with E-state index in [4.69, 9.17) is 17.3 Å². The highest BCUT2D eigenvalue weighted by atomic mass is 35.5. The zero-order valence-electron chi connectivity index (χ0n) is 14.1. The smallest absolute Gasteiger partial charge is 0.0728 e. The van der Waals surface area contributed by atoms with Crippen molar-refractivity contribution in [1.82, 2.24) is 4.90 Å². The van der Waals surface area contributed by atoms with Crippen molar-refractivity contribution >= 4 is 23.4 Å². The molecule has 1 atom stereocenters. The van der Waals surface area contributed by atoms with Gasteiger partial charge in [-0.1, -0.05) is 31.9 Å². The van der Waals surface area contributed by atoms with Crippen LogP contribution in [0.3, 0.4) is 0 Å². The maximum Gasteiger partial charge on any atom is 0.0728 e. The molecule has 0 amide bonds. The first-order valence-electron chi connectivity index (χ1n) is 8.79. The molecule has 5 heteroatoms. The molecule has 0 aromatic carbocycles. The fourth-order valence-corrected chi connectivity index (χ4v) is 4.60. The van der Waals surface area contributed by atoms with Gasteiger partial charge in [0.2, 0.25) is 0 Å². The van der Waals surface area contributed by atoms with Gasteiger partial charge in [-0.05, 0) is 49.8 Å². The summed E-state index contributed by atoms with van der Waals surface area (Å²) in [5.41, 5.74) is 6.55. The number of rotatable bonds is 7. The van der Waals surface area contributed by atoms with Crippen LogP contribution in [0.1, 0.15) is 44.9 Å². The lowest BCUT2D eigenvalue weighted by molar-refractivity contribution is -0.0468. The highest BCUT2D eigenvalue weighted by Gasteiger charge is 2.40. The Hall–Kier alpha value is -0.0000000000000000694. The van der Waals surface area contributed by atoms with Crippen LogP contribution in [-0.2, 0) is 0 Å². The van der Waals surface area contributed by atoms with Gasteiger partial charge in [-0.25, -0.2) is 0 Å². The van der Waals surface area contributed by atoms with Gasteiger partial charge in [-0.2, -0.15) is 0 Å². The molecule has 1 unspecified atom stereocenters. The van der Waals surface area contributed by atoms with Crippen molar-refractivity contribution in [3.63, 3.8) is 0 Å². The molecule has 0 spiro atoms. The molecule has 23 heavy (non-hydrogen) atoms. The van der Waals surface area contributed by atoms with E-state index in [0.717, 1.165) is 63.7 Å². The third-order valence-electron chi connectivity index (χ3n) is 5.36. The number of thioether (sulfide) groups is 1. The minimum absolute atomic E-state index is 0.116. The van der Waals surface area contributed by atoms with E-state index < -0.39 is 5.60 Å². The summed E-state index contributed by atoms with van der Waals surface area (Å²) in [6, 6.07) is 0.337. The van der Waals surface area contributed by atoms with E-state index in [1.165, 1.54) is 6.42 Å². The number of alkyl halides is 1. The average Bonchev–Trinajstić information content (AvgIpc) is 2.56. The van der Waals surface area contributed by atoms with Crippen molar-refractivity contribution in [2.75, 3.05) is 24.8 Å². The molecule has 2 aliphatic rings. The van der Waals surface area contributed by atoms with Crippen LogP contribution in [-0.4, -0.2) is 46.5 Å². The Morgan fingerprint density at radius 3 is 2.57 bits per heavy atom. The van der Waals surface area contributed by atoms with E-state index in [1.54, 1.807) is 11.8 Å². The molecule has 3 nitrogen and oxygen atoms in total. The molecule has 0 radical (unpaired) electrons. The number of aliphatic hydroxyl groups is 1. The van der Waals surface area contributed by atoms with Crippen LogP contribution < -0.4 is 5.73 Å². The lowest BCUT2D eigenvalue weighted by atomic mass is 9.72. The molecule has 3 N–H and O–H groups in total. The summed E-state index contributed by atoms with van der Waals surface area (Å²) in [5, 5.41) is 14.0. The lowest BCUT2D eigenvalue weighted by Crippen LogP contribution is -2.49. The first-order chi connectivity index (χ1) is 11.1. The van der Waals surface area contributed by atoms with Gasteiger partial charge in [-0.15, -0.1) is 23.4 Å². The molecule has 0 aromatic rings. The number of allylic oxidation sites excluding steroid dienone is 1. The van der Waals surface area contributed by atoms with Crippen molar-refractivity contribution in [3.05, 3.63) is 23.6 Å². The molecule has 0 bridgehead atoms. The van der Waals surface area contributed by atoms with E-state index in [1.807, 2.05) is 6.08 Å². The monoisotopic (exact) mass is 358 g/mol. The number of piperidine rings is 1. The van der Waals surface area contributed by atoms with Crippen LogP contribution in [0.15, 0.2) is 23.6 Å². The Morgan fingerprint density at radius 2 is 2.00 bits per heavy atom. The largest absolute Gasteiger partial charge is 0.389 e. The molecule has 1 saturated carbocycles. The molecule has 1 aliphatic heterocycles. The quantitative estimate of drug-likeness (QED) is 0.538. The van der Waals surface area contributed by atoms with Crippen LogP contribution >= 0.6 is 23.4 Å². The van der Waals surface area contributed by atoms with Crippen LogP contribution in [0.4, 0.5) is 0 Å². The van der Waals surface area contributed by atoms with Crippen molar-refractivity contribution in [3.8, 4) is 0 Å². The maximum atomic E-state index is 11.3. The third-order valence-corrected chi connectivity index (χ3v) is 6.30. The predicted molar refractivity (Wildman–Crippen MR) is 102 cm³/mol. The van der Waals surface area contributed by atoms with Gasteiger partial charge < -0.3 is 15.7 Å². The second-order valence-corrected chi connectivity index (χ2v) is 8.39.